The van der Waals surface area contributed by atoms with Gasteiger partial charge in [-0.2, -0.15) is 0 Å². The molecule has 0 heterocycles. The van der Waals surface area contributed by atoms with Gasteiger partial charge in [-0.15, -0.1) is 0 Å². The third-order valence-electron chi connectivity index (χ3n) is 3.77. The first-order valence-corrected chi connectivity index (χ1v) is 10.1. The number of halogens is 1. The van der Waals surface area contributed by atoms with Crippen LogP contribution in [0.4, 0.5) is 0 Å². The van der Waals surface area contributed by atoms with Crippen LogP contribution in [0, 0.1) is 0 Å². The quantitative estimate of drug-likeness (QED) is 0.261. The van der Waals surface area contributed by atoms with Crippen LogP contribution in [0.5, 0.6) is 0 Å². The summed E-state index contributed by atoms with van der Waals surface area (Å²) in [7, 11) is 3.81. The average molecular weight is 442 g/mol. The van der Waals surface area contributed by atoms with Crippen molar-refractivity contribution in [1.29, 1.82) is 0 Å². The van der Waals surface area contributed by atoms with Crippen molar-refractivity contribution in [2.24, 2.45) is 4.99 Å². The second-order valence-corrected chi connectivity index (χ2v) is 7.02. The first-order chi connectivity index (χ1) is 13.1. The summed E-state index contributed by atoms with van der Waals surface area (Å²) in [6.07, 6.45) is 1.02. The molecule has 27 heavy (non-hydrogen) atoms. The zero-order valence-corrected chi connectivity index (χ0v) is 18.1. The van der Waals surface area contributed by atoms with Crippen molar-refractivity contribution in [1.82, 2.24) is 20.9 Å². The van der Waals surface area contributed by atoms with Crippen molar-refractivity contribution in [2.75, 3.05) is 60.0 Å². The number of carbonyl (C=O) groups is 1. The molecule has 0 unspecified atom stereocenters. The minimum absolute atomic E-state index is 0.0854. The number of methoxy groups -OCH3 is 1. The molecule has 0 fully saturated rings. The standard InChI is InChI=1S/C19H32BrN5O2/c1-4-21-19(24-11-13-25(2)12-6-14-27-3)23-10-9-22-18(26)16-7-5-8-17(20)15-16/h5,7-8,15H,4,6,9-14H2,1-3H3,(H,22,26)(H2,21,23,24). The lowest BCUT2D eigenvalue weighted by atomic mass is 10.2. The predicted molar refractivity (Wildman–Crippen MR) is 114 cm³/mol. The molecule has 0 radical (unpaired) electrons. The van der Waals surface area contributed by atoms with E-state index < -0.39 is 0 Å². The van der Waals surface area contributed by atoms with E-state index in [9.17, 15) is 4.79 Å². The van der Waals surface area contributed by atoms with Gasteiger partial charge < -0.3 is 25.6 Å². The molecular formula is C19H32BrN5O2. The molecular weight excluding hydrogens is 410 g/mol. The van der Waals surface area contributed by atoms with E-state index in [1.807, 2.05) is 19.1 Å². The van der Waals surface area contributed by atoms with Gasteiger partial charge in [-0.05, 0) is 38.6 Å². The molecule has 3 N–H and O–H groups in total. The molecule has 0 aliphatic rings. The topological polar surface area (TPSA) is 78.0 Å². The van der Waals surface area contributed by atoms with Gasteiger partial charge in [0.05, 0.1) is 6.54 Å². The van der Waals surface area contributed by atoms with Crippen LogP contribution < -0.4 is 16.0 Å². The second kappa shape index (κ2) is 14.4. The molecule has 0 aliphatic carbocycles. The van der Waals surface area contributed by atoms with Crippen LogP contribution >= 0.6 is 15.9 Å². The number of nitrogens with one attached hydrogen (secondary N) is 3. The second-order valence-electron chi connectivity index (χ2n) is 6.10. The van der Waals surface area contributed by atoms with Gasteiger partial charge in [0.25, 0.3) is 5.91 Å². The highest BCUT2D eigenvalue weighted by Crippen LogP contribution is 2.11. The number of benzene rings is 1. The molecule has 0 saturated heterocycles. The Labute approximate surface area is 171 Å². The zero-order valence-electron chi connectivity index (χ0n) is 16.6. The number of likely N-dealkylation sites (N-methyl/N-ethyl adjacent to an activating group) is 1. The van der Waals surface area contributed by atoms with Crippen molar-refractivity contribution in [3.8, 4) is 0 Å². The summed E-state index contributed by atoms with van der Waals surface area (Å²) >= 11 is 3.37. The van der Waals surface area contributed by atoms with E-state index in [0.717, 1.165) is 43.1 Å². The summed E-state index contributed by atoms with van der Waals surface area (Å²) in [5.41, 5.74) is 0.640. The highest BCUT2D eigenvalue weighted by atomic mass is 79.9. The minimum Gasteiger partial charge on any atom is -0.385 e. The lowest BCUT2D eigenvalue weighted by Crippen LogP contribution is -2.42. The van der Waals surface area contributed by atoms with Crippen LogP contribution in [0.3, 0.4) is 0 Å². The molecule has 1 rings (SSSR count). The lowest BCUT2D eigenvalue weighted by molar-refractivity contribution is 0.0954. The number of aliphatic imine (C=N–C) groups is 1. The summed E-state index contributed by atoms with van der Waals surface area (Å²) in [4.78, 5) is 18.9. The van der Waals surface area contributed by atoms with Gasteiger partial charge in [-0.25, -0.2) is 0 Å². The highest BCUT2D eigenvalue weighted by Gasteiger charge is 2.05. The number of hydrogen-bond donors (Lipinski definition) is 3. The molecule has 7 nitrogen and oxygen atoms in total. The van der Waals surface area contributed by atoms with Gasteiger partial charge in [-0.3, -0.25) is 9.79 Å². The maximum absolute atomic E-state index is 12.1. The Morgan fingerprint density at radius 3 is 2.70 bits per heavy atom. The Balaban J connectivity index is 2.30. The predicted octanol–water partition coefficient (Wildman–Crippen LogP) is 1.70. The van der Waals surface area contributed by atoms with E-state index >= 15 is 0 Å². The number of nitrogens with zero attached hydrogens (tertiary/aromatic N) is 2. The number of guanidine groups is 1. The van der Waals surface area contributed by atoms with Crippen LogP contribution in [-0.4, -0.2) is 76.8 Å². The summed E-state index contributed by atoms with van der Waals surface area (Å²) < 4.78 is 5.96. The van der Waals surface area contributed by atoms with E-state index in [-0.39, 0.29) is 5.91 Å². The maximum Gasteiger partial charge on any atom is 0.251 e. The monoisotopic (exact) mass is 441 g/mol. The first kappa shape index (κ1) is 23.4. The Bertz CT molecular complexity index is 583. The average Bonchev–Trinajstić information content (AvgIpc) is 2.65. The highest BCUT2D eigenvalue weighted by molar-refractivity contribution is 9.10. The molecule has 0 bridgehead atoms. The Hall–Kier alpha value is -1.64. The van der Waals surface area contributed by atoms with Gasteiger partial charge in [0.1, 0.15) is 0 Å². The summed E-state index contributed by atoms with van der Waals surface area (Å²) in [5.74, 6) is 0.678. The van der Waals surface area contributed by atoms with Gasteiger partial charge in [-0.1, -0.05) is 22.0 Å². The fourth-order valence-corrected chi connectivity index (χ4v) is 2.75. The van der Waals surface area contributed by atoms with Gasteiger partial charge in [0, 0.05) is 56.5 Å². The Morgan fingerprint density at radius 1 is 1.22 bits per heavy atom. The first-order valence-electron chi connectivity index (χ1n) is 9.30. The number of amides is 1. The van der Waals surface area contributed by atoms with Gasteiger partial charge in [0.2, 0.25) is 0 Å². The normalized spacial score (nSPS) is 11.5. The van der Waals surface area contributed by atoms with Crippen LogP contribution in [-0.2, 0) is 4.74 Å². The van der Waals surface area contributed by atoms with E-state index in [1.54, 1.807) is 19.2 Å². The van der Waals surface area contributed by atoms with E-state index in [4.69, 9.17) is 4.74 Å². The zero-order chi connectivity index (χ0) is 19.9. The molecule has 1 amide bonds. The van der Waals surface area contributed by atoms with Crippen molar-refractivity contribution in [3.05, 3.63) is 34.3 Å². The van der Waals surface area contributed by atoms with Crippen molar-refractivity contribution in [3.63, 3.8) is 0 Å². The smallest absolute Gasteiger partial charge is 0.251 e. The summed E-state index contributed by atoms with van der Waals surface area (Å²) in [6, 6.07) is 7.34. The Kier molecular flexibility index (Phi) is 12.5. The van der Waals surface area contributed by atoms with Crippen LogP contribution in [0.25, 0.3) is 0 Å². The number of carbonyl (C=O) groups excluding carboxylic acids is 1. The number of hydrogen-bond acceptors (Lipinski definition) is 4. The van der Waals surface area contributed by atoms with E-state index in [1.165, 1.54) is 0 Å². The van der Waals surface area contributed by atoms with Crippen molar-refractivity contribution >= 4 is 27.8 Å². The molecule has 152 valence electrons. The number of ether oxygens (including phenoxy) is 1. The summed E-state index contributed by atoms with van der Waals surface area (Å²) in [6.45, 7) is 7.33. The fraction of sp³-hybridized carbons (Fsp3) is 0.579. The fourth-order valence-electron chi connectivity index (χ4n) is 2.35. The lowest BCUT2D eigenvalue weighted by Gasteiger charge is -2.16. The third kappa shape index (κ3) is 10.9. The van der Waals surface area contributed by atoms with Crippen LogP contribution in [0.1, 0.15) is 23.7 Å². The largest absolute Gasteiger partial charge is 0.385 e. The molecule has 0 atom stereocenters. The van der Waals surface area contributed by atoms with E-state index in [2.05, 4.69) is 48.8 Å². The summed E-state index contributed by atoms with van der Waals surface area (Å²) in [5, 5.41) is 9.36. The Morgan fingerprint density at radius 2 is 2.00 bits per heavy atom. The molecule has 1 aromatic carbocycles. The molecule has 0 aromatic heterocycles. The van der Waals surface area contributed by atoms with Gasteiger partial charge >= 0.3 is 0 Å². The van der Waals surface area contributed by atoms with E-state index in [0.29, 0.717) is 25.2 Å². The number of rotatable bonds is 12. The molecule has 0 aliphatic heterocycles. The van der Waals surface area contributed by atoms with Crippen molar-refractivity contribution in [2.45, 2.75) is 13.3 Å². The molecule has 8 heteroatoms. The third-order valence-corrected chi connectivity index (χ3v) is 4.27. The molecule has 0 spiro atoms. The maximum atomic E-state index is 12.1. The van der Waals surface area contributed by atoms with Crippen LogP contribution in [0.2, 0.25) is 0 Å². The minimum atomic E-state index is -0.0854. The molecule has 1 aromatic rings. The SMILES string of the molecule is CCNC(=NCCN(C)CCCOC)NCCNC(=O)c1cccc(Br)c1. The van der Waals surface area contributed by atoms with Crippen LogP contribution in [0.15, 0.2) is 33.7 Å². The molecule has 0 saturated carbocycles. The van der Waals surface area contributed by atoms with Gasteiger partial charge in [0.15, 0.2) is 5.96 Å². The van der Waals surface area contributed by atoms with Crippen molar-refractivity contribution < 1.29 is 9.53 Å².